The highest BCUT2D eigenvalue weighted by atomic mass is 15.2. The maximum absolute atomic E-state index is 8.99. The molecule has 1 saturated carbocycles. The van der Waals surface area contributed by atoms with Gasteiger partial charge in [0.1, 0.15) is 0 Å². The molecule has 0 bridgehead atoms. The van der Waals surface area contributed by atoms with Crippen LogP contribution in [-0.4, -0.2) is 17.5 Å². The van der Waals surface area contributed by atoms with Crippen molar-refractivity contribution in [1.82, 2.24) is 4.90 Å². The summed E-state index contributed by atoms with van der Waals surface area (Å²) >= 11 is 0. The van der Waals surface area contributed by atoms with Crippen LogP contribution in [0.4, 0.5) is 0 Å². The average molecular weight is 284 g/mol. The topological polar surface area (TPSA) is 27.0 Å². The molecule has 0 atom stereocenters. The first kappa shape index (κ1) is 16.0. The summed E-state index contributed by atoms with van der Waals surface area (Å²) in [4.78, 5) is 2.68. The highest BCUT2D eigenvalue weighted by Crippen LogP contribution is 2.26. The molecule has 1 aliphatic carbocycles. The fourth-order valence-electron chi connectivity index (χ4n) is 3.25. The number of rotatable bonds is 6. The smallest absolute Gasteiger partial charge is 0.0991 e. The van der Waals surface area contributed by atoms with Crippen LogP contribution in [0.25, 0.3) is 0 Å². The number of hydrogen-bond donors (Lipinski definition) is 0. The Morgan fingerprint density at radius 1 is 1.29 bits per heavy atom. The van der Waals surface area contributed by atoms with E-state index in [-0.39, 0.29) is 0 Å². The number of aryl methyl sites for hydroxylation is 1. The SMILES string of the molecule is Cc1cc(C#N)ccc1CN(CCC(C)C)C1CCCC1. The zero-order chi connectivity index (χ0) is 15.2. The Balaban J connectivity index is 2.08. The second-order valence-corrected chi connectivity index (χ2v) is 6.84. The first-order chi connectivity index (χ1) is 10.1. The summed E-state index contributed by atoms with van der Waals surface area (Å²) in [7, 11) is 0. The normalized spacial score (nSPS) is 15.8. The van der Waals surface area contributed by atoms with Crippen LogP contribution in [0, 0.1) is 24.2 Å². The van der Waals surface area contributed by atoms with Crippen molar-refractivity contribution in [1.29, 1.82) is 5.26 Å². The Labute approximate surface area is 129 Å². The summed E-state index contributed by atoms with van der Waals surface area (Å²) in [6.45, 7) is 8.97. The van der Waals surface area contributed by atoms with Crippen molar-refractivity contribution in [2.45, 2.75) is 65.5 Å². The van der Waals surface area contributed by atoms with Gasteiger partial charge in [0, 0.05) is 12.6 Å². The monoisotopic (exact) mass is 284 g/mol. The van der Waals surface area contributed by atoms with E-state index in [0.29, 0.717) is 0 Å². The minimum atomic E-state index is 0.760. The van der Waals surface area contributed by atoms with Gasteiger partial charge in [-0.25, -0.2) is 0 Å². The van der Waals surface area contributed by atoms with E-state index in [0.717, 1.165) is 24.1 Å². The molecule has 2 heteroatoms. The van der Waals surface area contributed by atoms with Gasteiger partial charge in [-0.2, -0.15) is 5.26 Å². The first-order valence-corrected chi connectivity index (χ1v) is 8.34. The largest absolute Gasteiger partial charge is 0.296 e. The van der Waals surface area contributed by atoms with E-state index < -0.39 is 0 Å². The molecule has 1 fully saturated rings. The lowest BCUT2D eigenvalue weighted by Gasteiger charge is -2.30. The minimum Gasteiger partial charge on any atom is -0.296 e. The zero-order valence-corrected chi connectivity index (χ0v) is 13.7. The quantitative estimate of drug-likeness (QED) is 0.760. The Hall–Kier alpha value is -1.33. The van der Waals surface area contributed by atoms with Crippen molar-refractivity contribution in [2.24, 2.45) is 5.92 Å². The maximum Gasteiger partial charge on any atom is 0.0991 e. The number of hydrogen-bond acceptors (Lipinski definition) is 2. The Morgan fingerprint density at radius 2 is 2.00 bits per heavy atom. The van der Waals surface area contributed by atoms with E-state index in [1.807, 2.05) is 12.1 Å². The van der Waals surface area contributed by atoms with E-state index in [1.54, 1.807) is 0 Å². The standard InChI is InChI=1S/C19H28N2/c1-15(2)10-11-21(19-6-4-5-7-19)14-18-9-8-17(13-20)12-16(18)3/h8-9,12,15,19H,4-7,10-11,14H2,1-3H3. The molecule has 0 amide bonds. The molecule has 21 heavy (non-hydrogen) atoms. The molecule has 2 rings (SSSR count). The van der Waals surface area contributed by atoms with Gasteiger partial charge in [-0.1, -0.05) is 32.8 Å². The van der Waals surface area contributed by atoms with Crippen LogP contribution in [0.5, 0.6) is 0 Å². The van der Waals surface area contributed by atoms with Crippen LogP contribution in [0.2, 0.25) is 0 Å². The number of nitrogens with zero attached hydrogens (tertiary/aromatic N) is 2. The van der Waals surface area contributed by atoms with Crippen molar-refractivity contribution in [3.63, 3.8) is 0 Å². The average Bonchev–Trinajstić information content (AvgIpc) is 2.98. The molecule has 1 aromatic rings. The highest BCUT2D eigenvalue weighted by molar-refractivity contribution is 5.37. The fourth-order valence-corrected chi connectivity index (χ4v) is 3.25. The van der Waals surface area contributed by atoms with E-state index in [2.05, 4.69) is 37.8 Å². The molecule has 0 N–H and O–H groups in total. The van der Waals surface area contributed by atoms with Gasteiger partial charge in [0.05, 0.1) is 11.6 Å². The summed E-state index contributed by atoms with van der Waals surface area (Å²) in [6.07, 6.45) is 6.75. The summed E-state index contributed by atoms with van der Waals surface area (Å²) in [6, 6.07) is 9.11. The van der Waals surface area contributed by atoms with E-state index in [1.165, 1.54) is 49.8 Å². The lowest BCUT2D eigenvalue weighted by atomic mass is 10.0. The van der Waals surface area contributed by atoms with Crippen molar-refractivity contribution < 1.29 is 0 Å². The van der Waals surface area contributed by atoms with E-state index in [4.69, 9.17) is 5.26 Å². The van der Waals surface area contributed by atoms with Crippen LogP contribution in [-0.2, 0) is 6.54 Å². The van der Waals surface area contributed by atoms with Crippen LogP contribution < -0.4 is 0 Å². The van der Waals surface area contributed by atoms with Crippen LogP contribution >= 0.6 is 0 Å². The molecular formula is C19H28N2. The van der Waals surface area contributed by atoms with Gasteiger partial charge < -0.3 is 0 Å². The Bertz CT molecular complexity index is 493. The molecule has 2 nitrogen and oxygen atoms in total. The van der Waals surface area contributed by atoms with E-state index >= 15 is 0 Å². The molecule has 0 saturated heterocycles. The third kappa shape index (κ3) is 4.58. The fraction of sp³-hybridized carbons (Fsp3) is 0.632. The van der Waals surface area contributed by atoms with Crippen molar-refractivity contribution >= 4 is 0 Å². The molecule has 0 aromatic heterocycles. The van der Waals surface area contributed by atoms with Crippen LogP contribution in [0.1, 0.15) is 62.6 Å². The van der Waals surface area contributed by atoms with Gasteiger partial charge in [-0.3, -0.25) is 4.90 Å². The van der Waals surface area contributed by atoms with Gasteiger partial charge in [0.2, 0.25) is 0 Å². The van der Waals surface area contributed by atoms with Gasteiger partial charge >= 0.3 is 0 Å². The third-order valence-corrected chi connectivity index (χ3v) is 4.68. The second-order valence-electron chi connectivity index (χ2n) is 6.84. The predicted molar refractivity (Wildman–Crippen MR) is 88.0 cm³/mol. The number of nitriles is 1. The van der Waals surface area contributed by atoms with Gasteiger partial charge in [-0.05, 0) is 61.9 Å². The van der Waals surface area contributed by atoms with E-state index in [9.17, 15) is 0 Å². The summed E-state index contributed by atoms with van der Waals surface area (Å²) in [5, 5.41) is 8.99. The maximum atomic E-state index is 8.99. The molecular weight excluding hydrogens is 256 g/mol. The predicted octanol–water partition coefficient (Wildman–Crippen LogP) is 4.66. The lowest BCUT2D eigenvalue weighted by Crippen LogP contribution is -2.34. The molecule has 1 aliphatic rings. The molecule has 114 valence electrons. The van der Waals surface area contributed by atoms with Crippen molar-refractivity contribution in [3.05, 3.63) is 34.9 Å². The Kier molecular flexibility index (Phi) is 5.82. The minimum absolute atomic E-state index is 0.760. The molecule has 0 spiro atoms. The van der Waals surface area contributed by atoms with Crippen molar-refractivity contribution in [2.75, 3.05) is 6.54 Å². The number of benzene rings is 1. The summed E-state index contributed by atoms with van der Waals surface area (Å²) in [5.41, 5.74) is 3.40. The molecule has 0 radical (unpaired) electrons. The van der Waals surface area contributed by atoms with Gasteiger partial charge in [-0.15, -0.1) is 0 Å². The van der Waals surface area contributed by atoms with Gasteiger partial charge in [0.15, 0.2) is 0 Å². The van der Waals surface area contributed by atoms with Crippen LogP contribution in [0.3, 0.4) is 0 Å². The Morgan fingerprint density at radius 3 is 2.57 bits per heavy atom. The highest BCUT2D eigenvalue weighted by Gasteiger charge is 2.23. The first-order valence-electron chi connectivity index (χ1n) is 8.34. The third-order valence-electron chi connectivity index (χ3n) is 4.68. The summed E-state index contributed by atoms with van der Waals surface area (Å²) in [5.74, 6) is 0.760. The molecule has 0 aliphatic heterocycles. The van der Waals surface area contributed by atoms with Crippen LogP contribution in [0.15, 0.2) is 18.2 Å². The molecule has 1 aromatic carbocycles. The lowest BCUT2D eigenvalue weighted by molar-refractivity contribution is 0.179. The zero-order valence-electron chi connectivity index (χ0n) is 13.7. The molecule has 0 heterocycles. The second kappa shape index (κ2) is 7.61. The summed E-state index contributed by atoms with van der Waals surface area (Å²) < 4.78 is 0. The van der Waals surface area contributed by atoms with Gasteiger partial charge in [0.25, 0.3) is 0 Å². The van der Waals surface area contributed by atoms with Crippen molar-refractivity contribution in [3.8, 4) is 6.07 Å². The molecule has 0 unspecified atom stereocenters.